The lowest BCUT2D eigenvalue weighted by Gasteiger charge is -2.10. The van der Waals surface area contributed by atoms with Crippen LogP contribution in [0.5, 0.6) is 0 Å². The van der Waals surface area contributed by atoms with Crippen LogP contribution >= 0.6 is 0 Å². The Hall–Kier alpha value is -2.50. The maximum atomic E-state index is 12.6. The van der Waals surface area contributed by atoms with Crippen molar-refractivity contribution in [2.75, 3.05) is 5.32 Å². The van der Waals surface area contributed by atoms with E-state index in [4.69, 9.17) is 0 Å². The molecule has 6 heteroatoms. The van der Waals surface area contributed by atoms with Gasteiger partial charge in [-0.1, -0.05) is 29.8 Å². The zero-order chi connectivity index (χ0) is 16.2. The number of alkyl halides is 3. The van der Waals surface area contributed by atoms with Crippen LogP contribution in [-0.2, 0) is 12.7 Å². The lowest BCUT2D eigenvalue weighted by atomic mass is 10.1. The number of hydrogen-bond donors (Lipinski definition) is 2. The molecule has 2 N–H and O–H groups in total. The second-order valence-corrected chi connectivity index (χ2v) is 4.87. The van der Waals surface area contributed by atoms with Gasteiger partial charge in [0.2, 0.25) is 0 Å². The molecule has 2 aromatic carbocycles. The Balaban J connectivity index is 1.92. The number of amides is 2. The van der Waals surface area contributed by atoms with Crippen LogP contribution in [0.15, 0.2) is 48.5 Å². The van der Waals surface area contributed by atoms with Gasteiger partial charge in [0.05, 0.1) is 5.56 Å². The number of urea groups is 1. The highest BCUT2D eigenvalue weighted by Gasteiger charge is 2.30. The molecular weight excluding hydrogens is 293 g/mol. The quantitative estimate of drug-likeness (QED) is 0.870. The number of carbonyl (C=O) groups excluding carboxylic acids is 1. The monoisotopic (exact) mass is 308 g/mol. The zero-order valence-corrected chi connectivity index (χ0v) is 11.9. The van der Waals surface area contributed by atoms with E-state index in [1.54, 1.807) is 12.1 Å². The Labute approximate surface area is 126 Å². The Bertz CT molecular complexity index is 651. The molecule has 3 nitrogen and oxygen atoms in total. The van der Waals surface area contributed by atoms with Crippen LogP contribution in [0.25, 0.3) is 0 Å². The van der Waals surface area contributed by atoms with E-state index in [0.717, 1.165) is 17.7 Å². The number of aryl methyl sites for hydroxylation is 1. The van der Waals surface area contributed by atoms with Crippen molar-refractivity contribution in [2.45, 2.75) is 19.6 Å². The van der Waals surface area contributed by atoms with Gasteiger partial charge in [-0.15, -0.1) is 0 Å². The first-order valence-electron chi connectivity index (χ1n) is 6.62. The molecule has 0 aliphatic carbocycles. The third-order valence-electron chi connectivity index (χ3n) is 3.02. The first kappa shape index (κ1) is 15.9. The summed E-state index contributed by atoms with van der Waals surface area (Å²) in [6, 6.07) is 11.6. The Morgan fingerprint density at radius 1 is 1.09 bits per heavy atom. The summed E-state index contributed by atoms with van der Waals surface area (Å²) in [5.41, 5.74) is 1.33. The molecule has 0 spiro atoms. The van der Waals surface area contributed by atoms with Crippen molar-refractivity contribution in [1.82, 2.24) is 5.32 Å². The van der Waals surface area contributed by atoms with Gasteiger partial charge in [-0.2, -0.15) is 13.2 Å². The lowest BCUT2D eigenvalue weighted by Crippen LogP contribution is -2.28. The van der Waals surface area contributed by atoms with Crippen LogP contribution in [0.4, 0.5) is 23.7 Å². The van der Waals surface area contributed by atoms with E-state index in [0.29, 0.717) is 11.3 Å². The predicted molar refractivity (Wildman–Crippen MR) is 78.5 cm³/mol. The molecule has 2 aromatic rings. The van der Waals surface area contributed by atoms with Crippen LogP contribution < -0.4 is 10.6 Å². The maximum Gasteiger partial charge on any atom is 0.416 e. The number of hydrogen-bond acceptors (Lipinski definition) is 1. The lowest BCUT2D eigenvalue weighted by molar-refractivity contribution is -0.137. The molecule has 0 saturated heterocycles. The summed E-state index contributed by atoms with van der Waals surface area (Å²) in [5.74, 6) is 0. The summed E-state index contributed by atoms with van der Waals surface area (Å²) in [6.07, 6.45) is -4.39. The molecule has 2 rings (SSSR count). The predicted octanol–water partition coefficient (Wildman–Crippen LogP) is 4.34. The maximum absolute atomic E-state index is 12.6. The molecular formula is C16H15F3N2O. The van der Waals surface area contributed by atoms with Crippen molar-refractivity contribution in [1.29, 1.82) is 0 Å². The Morgan fingerprint density at radius 2 is 1.77 bits per heavy atom. The Morgan fingerprint density at radius 3 is 2.41 bits per heavy atom. The minimum absolute atomic E-state index is 0.0155. The molecule has 0 fully saturated rings. The van der Waals surface area contributed by atoms with Gasteiger partial charge < -0.3 is 10.6 Å². The third-order valence-corrected chi connectivity index (χ3v) is 3.02. The average Bonchev–Trinajstić information content (AvgIpc) is 2.47. The van der Waals surface area contributed by atoms with E-state index in [9.17, 15) is 18.0 Å². The number of halogens is 3. The van der Waals surface area contributed by atoms with Crippen molar-refractivity contribution in [3.8, 4) is 0 Å². The summed E-state index contributed by atoms with van der Waals surface area (Å²) in [5, 5.41) is 5.14. The minimum atomic E-state index is -4.39. The fourth-order valence-electron chi connectivity index (χ4n) is 1.85. The smallest absolute Gasteiger partial charge is 0.334 e. The van der Waals surface area contributed by atoms with Crippen LogP contribution in [0.2, 0.25) is 0 Å². The molecule has 0 unspecified atom stereocenters. The van der Waals surface area contributed by atoms with E-state index in [2.05, 4.69) is 10.6 Å². The van der Waals surface area contributed by atoms with E-state index in [-0.39, 0.29) is 6.54 Å². The van der Waals surface area contributed by atoms with Gasteiger partial charge in [-0.3, -0.25) is 0 Å². The molecule has 22 heavy (non-hydrogen) atoms. The first-order valence-corrected chi connectivity index (χ1v) is 6.62. The normalized spacial score (nSPS) is 11.1. The van der Waals surface area contributed by atoms with Gasteiger partial charge in [-0.25, -0.2) is 4.79 Å². The molecule has 2 amide bonds. The highest BCUT2D eigenvalue weighted by Crippen LogP contribution is 2.29. The molecule has 0 atom stereocenters. The second kappa shape index (κ2) is 6.51. The molecule has 0 bridgehead atoms. The number of nitrogens with one attached hydrogen (secondary N) is 2. The van der Waals surface area contributed by atoms with Gasteiger partial charge in [-0.05, 0) is 36.8 Å². The highest BCUT2D eigenvalue weighted by atomic mass is 19.4. The molecule has 0 saturated carbocycles. The molecule has 0 heterocycles. The van der Waals surface area contributed by atoms with Gasteiger partial charge in [0.15, 0.2) is 0 Å². The number of anilines is 1. The van der Waals surface area contributed by atoms with E-state index in [1.165, 1.54) is 12.1 Å². The summed E-state index contributed by atoms with van der Waals surface area (Å²) < 4.78 is 37.8. The number of rotatable bonds is 3. The van der Waals surface area contributed by atoms with Gasteiger partial charge in [0, 0.05) is 12.2 Å². The van der Waals surface area contributed by atoms with Crippen LogP contribution in [-0.4, -0.2) is 6.03 Å². The summed E-state index contributed by atoms with van der Waals surface area (Å²) in [6.45, 7) is 1.94. The number of carbonyl (C=O) groups is 1. The topological polar surface area (TPSA) is 41.1 Å². The average molecular weight is 308 g/mol. The number of benzene rings is 2. The molecule has 0 aromatic heterocycles. The van der Waals surface area contributed by atoms with Crippen molar-refractivity contribution in [2.24, 2.45) is 0 Å². The zero-order valence-electron chi connectivity index (χ0n) is 11.9. The highest BCUT2D eigenvalue weighted by molar-refractivity contribution is 5.89. The molecule has 0 radical (unpaired) electrons. The van der Waals surface area contributed by atoms with E-state index in [1.807, 2.05) is 19.1 Å². The standard InChI is InChI=1S/C16H15F3N2O/c1-11-5-7-14(8-6-11)21-15(22)20-10-12-3-2-4-13(9-12)16(17,18)19/h2-9H,10H2,1H3,(H2,20,21,22). The van der Waals surface area contributed by atoms with Crippen molar-refractivity contribution in [3.05, 3.63) is 65.2 Å². The first-order chi connectivity index (χ1) is 10.3. The van der Waals surface area contributed by atoms with E-state index >= 15 is 0 Å². The van der Waals surface area contributed by atoms with Crippen LogP contribution in [0.1, 0.15) is 16.7 Å². The van der Waals surface area contributed by atoms with Crippen molar-refractivity contribution in [3.63, 3.8) is 0 Å². The molecule has 0 aliphatic heterocycles. The fraction of sp³-hybridized carbons (Fsp3) is 0.188. The van der Waals surface area contributed by atoms with Gasteiger partial charge >= 0.3 is 12.2 Å². The Kier molecular flexibility index (Phi) is 4.70. The van der Waals surface area contributed by atoms with Crippen molar-refractivity contribution >= 4 is 11.7 Å². The summed E-state index contributed by atoms with van der Waals surface area (Å²) >= 11 is 0. The molecule has 116 valence electrons. The fourth-order valence-corrected chi connectivity index (χ4v) is 1.85. The summed E-state index contributed by atoms with van der Waals surface area (Å²) in [7, 11) is 0. The second-order valence-electron chi connectivity index (χ2n) is 4.87. The third kappa shape index (κ3) is 4.51. The van der Waals surface area contributed by atoms with E-state index < -0.39 is 17.8 Å². The minimum Gasteiger partial charge on any atom is -0.334 e. The SMILES string of the molecule is Cc1ccc(NC(=O)NCc2cccc(C(F)(F)F)c2)cc1. The van der Waals surface area contributed by atoms with Crippen LogP contribution in [0.3, 0.4) is 0 Å². The summed E-state index contributed by atoms with van der Waals surface area (Å²) in [4.78, 5) is 11.7. The largest absolute Gasteiger partial charge is 0.416 e. The van der Waals surface area contributed by atoms with Gasteiger partial charge in [0.1, 0.15) is 0 Å². The van der Waals surface area contributed by atoms with Crippen LogP contribution in [0, 0.1) is 6.92 Å². The van der Waals surface area contributed by atoms with Gasteiger partial charge in [0.25, 0.3) is 0 Å². The van der Waals surface area contributed by atoms with Crippen molar-refractivity contribution < 1.29 is 18.0 Å². The molecule has 0 aliphatic rings.